The number of carbonyl (C=O) groups excluding carboxylic acids is 2. The highest BCUT2D eigenvalue weighted by Gasteiger charge is 2.58. The van der Waals surface area contributed by atoms with Crippen LogP contribution in [0, 0.1) is 5.92 Å². The van der Waals surface area contributed by atoms with Crippen molar-refractivity contribution in [3.8, 4) is 11.5 Å². The first-order valence-electron chi connectivity index (χ1n) is 15.9. The van der Waals surface area contributed by atoms with Crippen LogP contribution in [-0.2, 0) is 15.0 Å². The Hall–Kier alpha value is -3.08. The highest BCUT2D eigenvalue weighted by molar-refractivity contribution is 8.47. The fourth-order valence-electron chi connectivity index (χ4n) is 6.09. The third-order valence-electron chi connectivity index (χ3n) is 8.76. The summed E-state index contributed by atoms with van der Waals surface area (Å²) in [5.41, 5.74) is 1.87. The lowest BCUT2D eigenvalue weighted by Crippen LogP contribution is -2.61. The van der Waals surface area contributed by atoms with Crippen molar-refractivity contribution in [2.24, 2.45) is 10.9 Å². The maximum absolute atomic E-state index is 13.3. The van der Waals surface area contributed by atoms with E-state index < -0.39 is 22.9 Å². The molecule has 2 aliphatic rings. The molecule has 0 saturated carbocycles. The number of nitrogens with one attached hydrogen (secondary N) is 1. The zero-order chi connectivity index (χ0) is 33.2. The number of fused-ring (bicyclic) bond motifs is 4. The molecule has 2 aliphatic heterocycles. The lowest BCUT2D eigenvalue weighted by Gasteiger charge is -2.45. The molecule has 0 saturated heterocycles. The van der Waals surface area contributed by atoms with Gasteiger partial charge in [-0.25, -0.2) is 0 Å². The number of benzene rings is 3. The molecule has 0 fully saturated rings. The molecule has 244 valence electrons. The molecule has 3 atom stereocenters. The number of anilines is 1. The van der Waals surface area contributed by atoms with Gasteiger partial charge < -0.3 is 19.7 Å². The van der Waals surface area contributed by atoms with E-state index in [0.717, 1.165) is 38.6 Å². The van der Waals surface area contributed by atoms with Gasteiger partial charge in [0.1, 0.15) is 20.7 Å². The van der Waals surface area contributed by atoms with Crippen LogP contribution in [0.4, 0.5) is 11.4 Å². The number of esters is 1. The third kappa shape index (κ3) is 6.66. The lowest BCUT2D eigenvalue weighted by molar-refractivity contribution is -0.138. The van der Waals surface area contributed by atoms with Crippen LogP contribution in [0.5, 0.6) is 11.5 Å². The molecule has 1 N–H and O–H groups in total. The van der Waals surface area contributed by atoms with E-state index in [2.05, 4.69) is 49.2 Å². The second-order valence-corrected chi connectivity index (χ2v) is 16.3. The summed E-state index contributed by atoms with van der Waals surface area (Å²) in [7, 11) is 2.04. The first-order valence-corrected chi connectivity index (χ1v) is 18.1. The number of hydrogen-bond donors (Lipinski definition) is 1. The molecule has 2 heterocycles. The number of thioether (sulfide) groups is 2. The van der Waals surface area contributed by atoms with Gasteiger partial charge in [-0.05, 0) is 81.5 Å². The number of rotatable bonds is 10. The fraction of sp³-hybridized carbons (Fsp3) is 0.444. The predicted molar refractivity (Wildman–Crippen MR) is 197 cm³/mol. The normalized spacial score (nSPS) is 19.0. The van der Waals surface area contributed by atoms with Gasteiger partial charge in [0.15, 0.2) is 0 Å². The van der Waals surface area contributed by atoms with Crippen LogP contribution in [0.15, 0.2) is 59.6 Å². The van der Waals surface area contributed by atoms with E-state index in [9.17, 15) is 9.59 Å². The zero-order valence-corrected chi connectivity index (χ0v) is 30.0. The number of carbonyl (C=O) groups is 2. The van der Waals surface area contributed by atoms with Crippen molar-refractivity contribution in [2.45, 2.75) is 83.2 Å². The molecule has 0 bridgehead atoms. The van der Waals surface area contributed by atoms with Crippen molar-refractivity contribution in [1.82, 2.24) is 5.32 Å². The van der Waals surface area contributed by atoms with Gasteiger partial charge in [0.2, 0.25) is 11.6 Å². The SMILES string of the molecule is CCCCSC(=S)SC(CC(C)C(=O)Oc1ccc2ccc3c(c2c1)N=CC1(O3)N(C)c2ccccc2C1(C)C)C(=O)NC(C)C. The Morgan fingerprint density at radius 2 is 1.85 bits per heavy atom. The second-order valence-electron chi connectivity index (χ2n) is 12.8. The molecule has 3 aromatic rings. The standard InChI is InChI=1S/C36H43N3O4S3/c1-8-9-18-45-34(44)46-30(32(40)38-22(2)3)19-23(4)33(41)42-25-16-14-24-15-17-29-31(26(24)20-25)37-21-36(43-29)35(5,6)27-12-10-11-13-28(27)39(36)7/h10-17,20-23,30H,8-9,18-19H2,1-7H3,(H,38,40). The van der Waals surface area contributed by atoms with Crippen molar-refractivity contribution in [3.05, 3.63) is 60.2 Å². The minimum absolute atomic E-state index is 0.0142. The molecular formula is C36H43N3O4S3. The van der Waals surface area contributed by atoms with Crippen LogP contribution in [0.25, 0.3) is 10.8 Å². The largest absolute Gasteiger partial charge is 0.459 e. The number of hydrogen-bond acceptors (Lipinski definition) is 9. The zero-order valence-electron chi connectivity index (χ0n) is 27.6. The van der Waals surface area contributed by atoms with Crippen molar-refractivity contribution in [3.63, 3.8) is 0 Å². The molecule has 3 unspecified atom stereocenters. The molecular weight excluding hydrogens is 635 g/mol. The summed E-state index contributed by atoms with van der Waals surface area (Å²) in [6.45, 7) is 12.1. The highest BCUT2D eigenvalue weighted by atomic mass is 32.2. The Bertz CT molecular complexity index is 1670. The van der Waals surface area contributed by atoms with Crippen molar-refractivity contribution < 1.29 is 19.1 Å². The van der Waals surface area contributed by atoms with Gasteiger partial charge in [0.05, 0.1) is 22.8 Å². The molecule has 7 nitrogen and oxygen atoms in total. The van der Waals surface area contributed by atoms with E-state index in [1.54, 1.807) is 24.8 Å². The van der Waals surface area contributed by atoms with E-state index in [4.69, 9.17) is 26.7 Å². The van der Waals surface area contributed by atoms with E-state index >= 15 is 0 Å². The molecule has 5 rings (SSSR count). The summed E-state index contributed by atoms with van der Waals surface area (Å²) < 4.78 is 13.4. The number of aliphatic imine (C=N–C) groups is 1. The molecule has 3 aromatic carbocycles. The van der Waals surface area contributed by atoms with Gasteiger partial charge in [-0.15, -0.1) is 11.8 Å². The molecule has 0 radical (unpaired) electrons. The Labute approximate surface area is 286 Å². The van der Waals surface area contributed by atoms with Crippen molar-refractivity contribution in [2.75, 3.05) is 17.7 Å². The molecule has 10 heteroatoms. The van der Waals surface area contributed by atoms with Crippen LogP contribution in [0.3, 0.4) is 0 Å². The number of nitrogens with zero attached hydrogens (tertiary/aromatic N) is 2. The molecule has 0 aromatic heterocycles. The van der Waals surface area contributed by atoms with Gasteiger partial charge in [0, 0.05) is 24.2 Å². The molecule has 1 amide bonds. The topological polar surface area (TPSA) is 80.2 Å². The Morgan fingerprint density at radius 1 is 1.11 bits per heavy atom. The Balaban J connectivity index is 1.34. The minimum Gasteiger partial charge on any atom is -0.459 e. The number of unbranched alkanes of at least 4 members (excludes halogenated alkanes) is 1. The van der Waals surface area contributed by atoms with Crippen LogP contribution < -0.4 is 19.7 Å². The van der Waals surface area contributed by atoms with Gasteiger partial charge in [0.25, 0.3) is 0 Å². The summed E-state index contributed by atoms with van der Waals surface area (Å²) in [5.74, 6) is 0.959. The number of ether oxygens (including phenoxy) is 2. The van der Waals surface area contributed by atoms with Gasteiger partial charge in [-0.3, -0.25) is 14.6 Å². The maximum atomic E-state index is 13.3. The van der Waals surface area contributed by atoms with Gasteiger partial charge in [-0.2, -0.15) is 0 Å². The average molecular weight is 678 g/mol. The lowest BCUT2D eigenvalue weighted by atomic mass is 9.77. The van der Waals surface area contributed by atoms with Crippen LogP contribution in [0.1, 0.15) is 66.4 Å². The number of para-hydroxylation sites is 1. The predicted octanol–water partition coefficient (Wildman–Crippen LogP) is 8.43. The van der Waals surface area contributed by atoms with Crippen LogP contribution in [-0.4, -0.2) is 51.4 Å². The summed E-state index contributed by atoms with van der Waals surface area (Å²) in [6.07, 6.45) is 4.36. The Morgan fingerprint density at radius 3 is 2.57 bits per heavy atom. The summed E-state index contributed by atoms with van der Waals surface area (Å²) >= 11 is 8.52. The number of amides is 1. The monoisotopic (exact) mass is 677 g/mol. The van der Waals surface area contributed by atoms with Crippen molar-refractivity contribution in [1.29, 1.82) is 0 Å². The van der Waals surface area contributed by atoms with E-state index in [1.807, 2.05) is 57.4 Å². The highest BCUT2D eigenvalue weighted by Crippen LogP contribution is 2.54. The summed E-state index contributed by atoms with van der Waals surface area (Å²) in [4.78, 5) is 33.5. The minimum atomic E-state index is -0.788. The smallest absolute Gasteiger partial charge is 0.314 e. The first-order chi connectivity index (χ1) is 21.9. The fourth-order valence-corrected chi connectivity index (χ4v) is 8.95. The van der Waals surface area contributed by atoms with E-state index in [-0.39, 0.29) is 17.4 Å². The van der Waals surface area contributed by atoms with Gasteiger partial charge in [-0.1, -0.05) is 74.6 Å². The quantitative estimate of drug-likeness (QED) is 0.0992. The summed E-state index contributed by atoms with van der Waals surface area (Å²) in [6, 6.07) is 17.8. The molecule has 0 aliphatic carbocycles. The average Bonchev–Trinajstić information content (AvgIpc) is 3.18. The maximum Gasteiger partial charge on any atom is 0.314 e. The van der Waals surface area contributed by atoms with E-state index in [1.165, 1.54) is 17.3 Å². The van der Waals surface area contributed by atoms with Gasteiger partial charge >= 0.3 is 5.97 Å². The second kappa shape index (κ2) is 14.0. The Kier molecular flexibility index (Phi) is 10.4. The van der Waals surface area contributed by atoms with Crippen LogP contribution in [0.2, 0.25) is 0 Å². The van der Waals surface area contributed by atoms with Crippen LogP contribution >= 0.6 is 35.7 Å². The third-order valence-corrected chi connectivity index (χ3v) is 11.7. The van der Waals surface area contributed by atoms with E-state index in [0.29, 0.717) is 23.6 Å². The summed E-state index contributed by atoms with van der Waals surface area (Å²) in [5, 5.41) is 4.28. The molecule has 1 spiro atoms. The van der Waals surface area contributed by atoms with Crippen molar-refractivity contribution >= 4 is 79.5 Å². The molecule has 46 heavy (non-hydrogen) atoms. The number of thiocarbonyl (C=S) groups is 1. The number of likely N-dealkylation sites (N-methyl/N-ethyl adjacent to an activating group) is 1. The first kappa shape index (κ1) is 34.3.